The summed E-state index contributed by atoms with van der Waals surface area (Å²) in [5.41, 5.74) is 0.593. The van der Waals surface area contributed by atoms with E-state index in [9.17, 15) is 22.8 Å². The Morgan fingerprint density at radius 2 is 1.71 bits per heavy atom. The number of anilines is 2. The van der Waals surface area contributed by atoms with Crippen molar-refractivity contribution in [3.63, 3.8) is 0 Å². The number of hydrogen-bond acceptors (Lipinski definition) is 9. The second-order valence-corrected chi connectivity index (χ2v) is 18.5. The number of aromatic nitrogens is 2. The number of piperidine rings is 1. The molecule has 63 heavy (non-hydrogen) atoms. The molecule has 1 fully saturated rings. The zero-order valence-corrected chi connectivity index (χ0v) is 37.4. The van der Waals surface area contributed by atoms with Gasteiger partial charge in [-0.05, 0) is 147 Å². The molecule has 4 aromatic carbocycles. The molecular weight excluding hydrogens is 869 g/mol. The molecule has 3 heterocycles. The molecule has 0 aliphatic carbocycles. The smallest absolute Gasteiger partial charge is 0.446 e. The van der Waals surface area contributed by atoms with Crippen molar-refractivity contribution in [3.8, 4) is 22.6 Å². The molecule has 1 saturated heterocycles. The second-order valence-electron chi connectivity index (χ2n) is 16.1. The lowest BCUT2D eigenvalue weighted by Gasteiger charge is -2.34. The van der Waals surface area contributed by atoms with Crippen LogP contribution in [0.25, 0.3) is 22.2 Å². The Morgan fingerprint density at radius 1 is 0.937 bits per heavy atom. The molecule has 330 valence electrons. The SMILES string of the molecule is CC(C)(C)OC(=O)NCCCNc1ccc(SNC(=O)c2ccc(N3CCC(Cc4ccccc4-c4ccc(Cl)cc4)CC3)cc2Oc2cnc3[nH]ccc3c2)cc1SC(F)(F)F. The predicted octanol–water partition coefficient (Wildman–Crippen LogP) is 12.5. The van der Waals surface area contributed by atoms with Crippen LogP contribution < -0.4 is 25.0 Å². The standard InChI is InChI=1S/C47H48ClF3N6O4S2/c1-46(2,3)61-45(59)54-21-6-20-52-40-16-14-37(28-42(40)62-47(49,50)51)63-56-44(58)39-15-13-35(27-41(39)60-36-26-33-17-22-53-43(33)55-29-36)57-23-18-30(19-24-57)25-32-7-4-5-8-38(32)31-9-11-34(48)12-10-31/h4-5,7-17,22,26-30,52H,6,18-21,23-25H2,1-3H3,(H,53,55)(H,54,59)(H,56,58). The number of nitrogens with one attached hydrogen (secondary N) is 4. The number of amides is 2. The average molecular weight is 918 g/mol. The molecule has 4 N–H and O–H groups in total. The summed E-state index contributed by atoms with van der Waals surface area (Å²) in [7, 11) is 0. The van der Waals surface area contributed by atoms with Crippen LogP contribution in [0.2, 0.25) is 5.02 Å². The Hall–Kier alpha value is -5.51. The molecular formula is C47H48ClF3N6O4S2. The predicted molar refractivity (Wildman–Crippen MR) is 247 cm³/mol. The van der Waals surface area contributed by atoms with Crippen molar-refractivity contribution < 1.29 is 32.2 Å². The summed E-state index contributed by atoms with van der Waals surface area (Å²) in [5, 5.41) is 7.22. The van der Waals surface area contributed by atoms with Gasteiger partial charge in [-0.3, -0.25) is 9.52 Å². The fraction of sp³-hybridized carbons (Fsp3) is 0.298. The Kier molecular flexibility index (Phi) is 14.7. The van der Waals surface area contributed by atoms with Crippen LogP contribution in [-0.4, -0.2) is 59.3 Å². The number of carbonyl (C=O) groups excluding carboxylic acids is 2. The number of fused-ring (bicyclic) bond motifs is 1. The van der Waals surface area contributed by atoms with E-state index in [4.69, 9.17) is 21.1 Å². The number of ether oxygens (including phenoxy) is 2. The van der Waals surface area contributed by atoms with Gasteiger partial charge in [0, 0.05) is 70.0 Å². The van der Waals surface area contributed by atoms with Gasteiger partial charge in [0.1, 0.15) is 22.7 Å². The van der Waals surface area contributed by atoms with Gasteiger partial charge in [0.15, 0.2) is 0 Å². The van der Waals surface area contributed by atoms with E-state index in [0.29, 0.717) is 45.9 Å². The van der Waals surface area contributed by atoms with Gasteiger partial charge in [-0.2, -0.15) is 13.2 Å². The molecule has 0 unspecified atom stereocenters. The molecule has 6 aromatic rings. The van der Waals surface area contributed by atoms with Gasteiger partial charge in [-0.1, -0.05) is 48.0 Å². The van der Waals surface area contributed by atoms with Crippen LogP contribution in [0.4, 0.5) is 29.3 Å². The van der Waals surface area contributed by atoms with Crippen LogP contribution in [0.3, 0.4) is 0 Å². The molecule has 10 nitrogen and oxygen atoms in total. The van der Waals surface area contributed by atoms with E-state index < -0.39 is 23.1 Å². The number of alkyl carbamates (subject to hydrolysis) is 1. The zero-order chi connectivity index (χ0) is 44.6. The lowest BCUT2D eigenvalue weighted by atomic mass is 9.87. The van der Waals surface area contributed by atoms with E-state index in [0.717, 1.165) is 60.9 Å². The van der Waals surface area contributed by atoms with E-state index in [1.165, 1.54) is 17.2 Å². The van der Waals surface area contributed by atoms with Crippen molar-refractivity contribution in [3.05, 3.63) is 126 Å². The number of hydrogen-bond donors (Lipinski definition) is 4. The molecule has 0 radical (unpaired) electrons. The number of alkyl halides is 3. The minimum Gasteiger partial charge on any atom is -0.455 e. The average Bonchev–Trinajstić information content (AvgIpc) is 3.71. The molecule has 0 saturated carbocycles. The van der Waals surface area contributed by atoms with Crippen molar-refractivity contribution in [2.75, 3.05) is 36.4 Å². The van der Waals surface area contributed by atoms with Crippen molar-refractivity contribution >= 4 is 69.7 Å². The number of pyridine rings is 1. The molecule has 2 amide bonds. The quantitative estimate of drug-likeness (QED) is 0.0453. The number of halogens is 4. The van der Waals surface area contributed by atoms with E-state index in [-0.39, 0.29) is 34.5 Å². The molecule has 7 rings (SSSR count). The van der Waals surface area contributed by atoms with Crippen LogP contribution in [0.5, 0.6) is 11.5 Å². The van der Waals surface area contributed by atoms with Gasteiger partial charge in [0.25, 0.3) is 5.91 Å². The van der Waals surface area contributed by atoms with Gasteiger partial charge in [-0.15, -0.1) is 0 Å². The maximum Gasteiger partial charge on any atom is 0.446 e. The van der Waals surface area contributed by atoms with Crippen LogP contribution >= 0.6 is 35.3 Å². The number of nitrogens with zero attached hydrogens (tertiary/aromatic N) is 2. The summed E-state index contributed by atoms with van der Waals surface area (Å²) < 4.78 is 55.4. The zero-order valence-electron chi connectivity index (χ0n) is 35.0. The van der Waals surface area contributed by atoms with Crippen LogP contribution in [0.15, 0.2) is 119 Å². The van der Waals surface area contributed by atoms with E-state index in [2.05, 4.69) is 66.6 Å². The first-order valence-corrected chi connectivity index (χ1v) is 22.6. The van der Waals surface area contributed by atoms with Crippen LogP contribution in [-0.2, 0) is 11.2 Å². The van der Waals surface area contributed by atoms with Gasteiger partial charge in [-0.25, -0.2) is 9.78 Å². The van der Waals surface area contributed by atoms with Crippen molar-refractivity contribution in [1.82, 2.24) is 20.0 Å². The lowest BCUT2D eigenvalue weighted by molar-refractivity contribution is -0.0328. The molecule has 0 atom stereocenters. The van der Waals surface area contributed by atoms with Gasteiger partial charge < -0.3 is 30.0 Å². The second kappa shape index (κ2) is 20.3. The minimum atomic E-state index is -4.55. The Balaban J connectivity index is 1.02. The third kappa shape index (κ3) is 13.0. The van der Waals surface area contributed by atoms with Crippen LogP contribution in [0.1, 0.15) is 56.0 Å². The van der Waals surface area contributed by atoms with E-state index >= 15 is 0 Å². The van der Waals surface area contributed by atoms with Crippen LogP contribution in [0, 0.1) is 5.92 Å². The maximum absolute atomic E-state index is 13.9. The first kappa shape index (κ1) is 45.5. The van der Waals surface area contributed by atoms with Gasteiger partial charge in [0.2, 0.25) is 0 Å². The summed E-state index contributed by atoms with van der Waals surface area (Å²) in [6, 6.07) is 30.2. The summed E-state index contributed by atoms with van der Waals surface area (Å²) in [5.74, 6) is 0.756. The van der Waals surface area contributed by atoms with Gasteiger partial charge >= 0.3 is 11.6 Å². The number of benzene rings is 4. The number of rotatable bonds is 15. The van der Waals surface area contributed by atoms with E-state index in [1.54, 1.807) is 51.4 Å². The first-order chi connectivity index (χ1) is 30.2. The number of thioether (sulfide) groups is 1. The van der Waals surface area contributed by atoms with Crippen molar-refractivity contribution in [1.29, 1.82) is 0 Å². The first-order valence-electron chi connectivity index (χ1n) is 20.6. The van der Waals surface area contributed by atoms with Crippen molar-refractivity contribution in [2.45, 2.75) is 67.4 Å². The lowest BCUT2D eigenvalue weighted by Crippen LogP contribution is -2.34. The Labute approximate surface area is 378 Å². The topological polar surface area (TPSA) is 121 Å². The van der Waals surface area contributed by atoms with Gasteiger partial charge in [0.05, 0.1) is 11.8 Å². The summed E-state index contributed by atoms with van der Waals surface area (Å²) in [6.07, 6.45) is 6.16. The highest BCUT2D eigenvalue weighted by atomic mass is 35.5. The molecule has 1 aliphatic rings. The fourth-order valence-electron chi connectivity index (χ4n) is 7.30. The molecule has 0 bridgehead atoms. The molecule has 1 aliphatic heterocycles. The normalized spacial score (nSPS) is 13.5. The molecule has 16 heteroatoms. The number of H-pyrrole nitrogens is 1. The summed E-state index contributed by atoms with van der Waals surface area (Å²) in [6.45, 7) is 7.47. The fourth-order valence-corrected chi connectivity index (χ4v) is 8.81. The molecule has 2 aromatic heterocycles. The third-order valence-corrected chi connectivity index (χ3v) is 12.1. The highest BCUT2D eigenvalue weighted by molar-refractivity contribution is 8.00. The minimum absolute atomic E-state index is 0.0580. The Bertz CT molecular complexity index is 2520. The highest BCUT2D eigenvalue weighted by Gasteiger charge is 2.31. The summed E-state index contributed by atoms with van der Waals surface area (Å²) in [4.78, 5) is 36.0. The van der Waals surface area contributed by atoms with E-state index in [1.807, 2.05) is 36.4 Å². The summed E-state index contributed by atoms with van der Waals surface area (Å²) >= 11 is 6.83. The molecule has 0 spiro atoms. The third-order valence-electron chi connectivity index (χ3n) is 10.3. The number of aromatic amines is 1. The highest BCUT2D eigenvalue weighted by Crippen LogP contribution is 2.42. The monoisotopic (exact) mass is 916 g/mol. The largest absolute Gasteiger partial charge is 0.455 e. The van der Waals surface area contributed by atoms with Crippen molar-refractivity contribution in [2.24, 2.45) is 5.92 Å². The Morgan fingerprint density at radius 3 is 2.48 bits per heavy atom. The maximum atomic E-state index is 13.9. The number of carbonyl (C=O) groups is 2.